The first kappa shape index (κ1) is 22.1. The summed E-state index contributed by atoms with van der Waals surface area (Å²) in [6, 6.07) is 10.6. The maximum Gasteiger partial charge on any atom is 0.233 e. The maximum absolute atomic E-state index is 14.9. The van der Waals surface area contributed by atoms with Gasteiger partial charge >= 0.3 is 0 Å². The lowest BCUT2D eigenvalue weighted by Gasteiger charge is -2.29. The molecule has 10 heteroatoms. The zero-order valence-corrected chi connectivity index (χ0v) is 18.3. The molecule has 1 saturated heterocycles. The van der Waals surface area contributed by atoms with Crippen LogP contribution in [0.15, 0.2) is 48.8 Å². The van der Waals surface area contributed by atoms with Gasteiger partial charge in [-0.1, -0.05) is 0 Å². The van der Waals surface area contributed by atoms with Crippen molar-refractivity contribution in [2.75, 3.05) is 38.3 Å². The van der Waals surface area contributed by atoms with Crippen molar-refractivity contribution >= 4 is 16.6 Å². The number of aliphatic hydroxyl groups is 1. The van der Waals surface area contributed by atoms with Gasteiger partial charge in [-0.05, 0) is 30.3 Å². The monoisotopic (exact) mass is 465 g/mol. The third kappa shape index (κ3) is 4.13. The molecule has 1 atom stereocenters. The van der Waals surface area contributed by atoms with Gasteiger partial charge in [0.1, 0.15) is 24.1 Å². The summed E-state index contributed by atoms with van der Waals surface area (Å²) in [6.07, 6.45) is -0.118. The van der Waals surface area contributed by atoms with Gasteiger partial charge in [0, 0.05) is 47.4 Å². The highest BCUT2D eigenvalue weighted by molar-refractivity contribution is 5.94. The lowest BCUT2D eigenvalue weighted by atomic mass is 9.98. The van der Waals surface area contributed by atoms with E-state index in [9.17, 15) is 13.9 Å². The largest absolute Gasteiger partial charge is 0.480 e. The molecule has 0 spiro atoms. The molecule has 0 amide bonds. The van der Waals surface area contributed by atoms with Crippen molar-refractivity contribution in [3.05, 3.63) is 71.7 Å². The molecule has 0 bridgehead atoms. The van der Waals surface area contributed by atoms with Crippen LogP contribution in [-0.2, 0) is 4.74 Å². The van der Waals surface area contributed by atoms with E-state index in [1.165, 1.54) is 31.6 Å². The lowest BCUT2D eigenvalue weighted by molar-refractivity contribution is 0.122. The summed E-state index contributed by atoms with van der Waals surface area (Å²) in [7, 11) is 1.43. The van der Waals surface area contributed by atoms with Crippen molar-refractivity contribution < 1.29 is 23.4 Å². The van der Waals surface area contributed by atoms with E-state index in [1.54, 1.807) is 0 Å². The van der Waals surface area contributed by atoms with Crippen LogP contribution in [0.25, 0.3) is 22.2 Å². The molecular formula is C24H21F2N5O3. The summed E-state index contributed by atoms with van der Waals surface area (Å²) < 4.78 is 40.0. The highest BCUT2D eigenvalue weighted by Crippen LogP contribution is 2.34. The van der Waals surface area contributed by atoms with Crippen LogP contribution >= 0.6 is 0 Å². The van der Waals surface area contributed by atoms with Crippen molar-refractivity contribution in [2.24, 2.45) is 0 Å². The number of hydrogen-bond acceptors (Lipinski definition) is 8. The molecule has 34 heavy (non-hydrogen) atoms. The van der Waals surface area contributed by atoms with Gasteiger partial charge in [-0.15, -0.1) is 10.2 Å². The molecule has 3 heterocycles. The van der Waals surface area contributed by atoms with E-state index in [1.807, 2.05) is 18.2 Å². The molecule has 0 unspecified atom stereocenters. The minimum atomic E-state index is -1.46. The van der Waals surface area contributed by atoms with Gasteiger partial charge < -0.3 is 19.5 Å². The SMILES string of the molecule is COc1ccc([C@@H](O)c2cc(-c3ncnc4cc(N5CCOCC5)ccc34)c(F)cc2F)nn1. The van der Waals surface area contributed by atoms with E-state index < -0.39 is 17.7 Å². The van der Waals surface area contributed by atoms with E-state index >= 15 is 0 Å². The molecule has 174 valence electrons. The van der Waals surface area contributed by atoms with E-state index in [2.05, 4.69) is 25.1 Å². The third-order valence-electron chi connectivity index (χ3n) is 5.78. The number of nitrogens with zero attached hydrogens (tertiary/aromatic N) is 5. The number of ether oxygens (including phenoxy) is 2. The van der Waals surface area contributed by atoms with Gasteiger partial charge in [-0.3, -0.25) is 0 Å². The van der Waals surface area contributed by atoms with Crippen molar-refractivity contribution in [3.8, 4) is 17.1 Å². The van der Waals surface area contributed by atoms with Crippen molar-refractivity contribution in [1.29, 1.82) is 0 Å². The molecule has 2 aromatic carbocycles. The molecule has 4 aromatic rings. The quantitative estimate of drug-likeness (QED) is 0.480. The summed E-state index contributed by atoms with van der Waals surface area (Å²) in [5.41, 5.74) is 1.90. The van der Waals surface area contributed by atoms with Crippen molar-refractivity contribution in [2.45, 2.75) is 6.10 Å². The summed E-state index contributed by atoms with van der Waals surface area (Å²) in [6.45, 7) is 2.84. The average molecular weight is 465 g/mol. The molecule has 0 radical (unpaired) electrons. The second kappa shape index (κ2) is 9.24. The van der Waals surface area contributed by atoms with Crippen LogP contribution in [0, 0.1) is 11.6 Å². The summed E-state index contributed by atoms with van der Waals surface area (Å²) in [5, 5.41) is 19.0. The summed E-state index contributed by atoms with van der Waals surface area (Å²) >= 11 is 0. The minimum absolute atomic E-state index is 0.0449. The van der Waals surface area contributed by atoms with Gasteiger partial charge in [0.2, 0.25) is 5.88 Å². The topological polar surface area (TPSA) is 93.5 Å². The first-order valence-electron chi connectivity index (χ1n) is 10.7. The Kier molecular flexibility index (Phi) is 5.99. The first-order valence-corrected chi connectivity index (χ1v) is 10.7. The predicted octanol–water partition coefficient (Wildman–Crippen LogP) is 3.29. The third-order valence-corrected chi connectivity index (χ3v) is 5.78. The molecule has 1 aliphatic heterocycles. The Morgan fingerprint density at radius 2 is 1.82 bits per heavy atom. The van der Waals surface area contributed by atoms with Crippen LogP contribution < -0.4 is 9.64 Å². The Morgan fingerprint density at radius 1 is 1.00 bits per heavy atom. The molecule has 0 aliphatic carbocycles. The minimum Gasteiger partial charge on any atom is -0.480 e. The smallest absolute Gasteiger partial charge is 0.233 e. The molecule has 8 nitrogen and oxygen atoms in total. The lowest BCUT2D eigenvalue weighted by Crippen LogP contribution is -2.36. The van der Waals surface area contributed by atoms with E-state index in [-0.39, 0.29) is 22.7 Å². The highest BCUT2D eigenvalue weighted by Gasteiger charge is 2.22. The fourth-order valence-corrected chi connectivity index (χ4v) is 3.98. The van der Waals surface area contributed by atoms with Crippen molar-refractivity contribution in [1.82, 2.24) is 20.2 Å². The molecule has 1 fully saturated rings. The zero-order chi connectivity index (χ0) is 23.7. The highest BCUT2D eigenvalue weighted by atomic mass is 19.1. The number of hydrogen-bond donors (Lipinski definition) is 1. The molecular weight excluding hydrogens is 444 g/mol. The molecule has 1 aliphatic rings. The van der Waals surface area contributed by atoms with Crippen LogP contribution in [0.1, 0.15) is 17.4 Å². The number of methoxy groups -OCH3 is 1. The number of fused-ring (bicyclic) bond motifs is 1. The summed E-state index contributed by atoms with van der Waals surface area (Å²) in [5.74, 6) is -1.45. The molecule has 0 saturated carbocycles. The van der Waals surface area contributed by atoms with Gasteiger partial charge in [0.05, 0.1) is 37.2 Å². The Balaban J connectivity index is 1.55. The standard InChI is InChI=1S/C24H21F2N5O3/c1-33-22-5-4-20(29-30-22)24(32)17-11-16(18(25)12-19(17)26)23-15-3-2-14(10-21(15)27-13-28-23)31-6-8-34-9-7-31/h2-5,10-13,24,32H,6-9H2,1H3/t24-/m0/s1. The normalized spacial score (nSPS) is 14.9. The number of aromatic nitrogens is 4. The predicted molar refractivity (Wildman–Crippen MR) is 121 cm³/mol. The maximum atomic E-state index is 14.9. The van der Waals surface area contributed by atoms with Crippen LogP contribution in [0.5, 0.6) is 5.88 Å². The second-order valence-corrected chi connectivity index (χ2v) is 7.78. The number of anilines is 1. The summed E-state index contributed by atoms with van der Waals surface area (Å²) in [4.78, 5) is 10.8. The van der Waals surface area contributed by atoms with Crippen LogP contribution in [0.4, 0.5) is 14.5 Å². The van der Waals surface area contributed by atoms with E-state index in [4.69, 9.17) is 9.47 Å². The fourth-order valence-electron chi connectivity index (χ4n) is 3.98. The average Bonchev–Trinajstić information content (AvgIpc) is 2.88. The Hall–Kier alpha value is -3.76. The Morgan fingerprint density at radius 3 is 2.56 bits per heavy atom. The number of halogens is 2. The van der Waals surface area contributed by atoms with Gasteiger partial charge in [-0.25, -0.2) is 18.7 Å². The first-order chi connectivity index (χ1) is 16.5. The van der Waals surface area contributed by atoms with Gasteiger partial charge in [0.15, 0.2) is 0 Å². The molecule has 2 aromatic heterocycles. The van der Waals surface area contributed by atoms with E-state index in [0.29, 0.717) is 29.8 Å². The number of morpholine rings is 1. The number of aliphatic hydroxyl groups excluding tert-OH is 1. The van der Waals surface area contributed by atoms with Gasteiger partial charge in [0.25, 0.3) is 0 Å². The molecule has 5 rings (SSSR count). The zero-order valence-electron chi connectivity index (χ0n) is 18.3. The Labute approximate surface area is 193 Å². The fraction of sp³-hybridized carbons (Fsp3) is 0.250. The molecule has 1 N–H and O–H groups in total. The van der Waals surface area contributed by atoms with Crippen LogP contribution in [-0.4, -0.2) is 58.7 Å². The van der Waals surface area contributed by atoms with Crippen LogP contribution in [0.2, 0.25) is 0 Å². The number of rotatable bonds is 5. The number of benzene rings is 2. The van der Waals surface area contributed by atoms with Gasteiger partial charge in [-0.2, -0.15) is 0 Å². The Bertz CT molecular complexity index is 1330. The van der Waals surface area contributed by atoms with Crippen molar-refractivity contribution in [3.63, 3.8) is 0 Å². The van der Waals surface area contributed by atoms with Crippen LogP contribution in [0.3, 0.4) is 0 Å². The van der Waals surface area contributed by atoms with E-state index in [0.717, 1.165) is 24.8 Å². The second-order valence-electron chi connectivity index (χ2n) is 7.78.